The molecule has 0 saturated heterocycles. The van der Waals surface area contributed by atoms with Gasteiger partial charge in [-0.15, -0.1) is 0 Å². The van der Waals surface area contributed by atoms with Gasteiger partial charge in [-0.05, 0) is 72.6 Å². The molecule has 0 radical (unpaired) electrons. The Hall–Kier alpha value is -0.480. The molecule has 1 aromatic carbocycles. The van der Waals surface area contributed by atoms with E-state index in [0.29, 0.717) is 22.9 Å². The summed E-state index contributed by atoms with van der Waals surface area (Å²) in [5.74, 6) is -0.483. The second-order valence-electron chi connectivity index (χ2n) is 5.36. The van der Waals surface area contributed by atoms with E-state index in [1.807, 2.05) is 0 Å². The molecule has 0 amide bonds. The summed E-state index contributed by atoms with van der Waals surface area (Å²) in [6, 6.07) is 3.28. The van der Waals surface area contributed by atoms with Gasteiger partial charge in [-0.1, -0.05) is 6.92 Å². The lowest BCUT2D eigenvalue weighted by atomic mass is 9.97. The molecule has 4 heteroatoms. The minimum atomic E-state index is -0.440. The standard InChI is InChI=1S/C15H20BrF2N/c1-2-7-19-11-4-3-10(8-11)9-12-14(17)6-5-13(16)15(12)18/h5-6,10-11,19H,2-4,7-9H2,1H3. The lowest BCUT2D eigenvalue weighted by molar-refractivity contribution is 0.463. The van der Waals surface area contributed by atoms with Crippen molar-refractivity contribution in [3.05, 3.63) is 33.8 Å². The summed E-state index contributed by atoms with van der Waals surface area (Å²) in [4.78, 5) is 0. The molecule has 106 valence electrons. The van der Waals surface area contributed by atoms with E-state index in [-0.39, 0.29) is 5.56 Å². The lowest BCUT2D eigenvalue weighted by Gasteiger charge is -2.14. The van der Waals surface area contributed by atoms with Crippen LogP contribution in [0, 0.1) is 17.6 Å². The zero-order valence-electron chi connectivity index (χ0n) is 11.2. The predicted octanol–water partition coefficient (Wildman–Crippen LogP) is 4.44. The minimum Gasteiger partial charge on any atom is -0.314 e. The molecule has 0 aliphatic heterocycles. The van der Waals surface area contributed by atoms with Crippen molar-refractivity contribution in [2.45, 2.75) is 45.1 Å². The first-order chi connectivity index (χ1) is 9.11. The van der Waals surface area contributed by atoms with Crippen molar-refractivity contribution < 1.29 is 8.78 Å². The van der Waals surface area contributed by atoms with Gasteiger partial charge in [0.05, 0.1) is 4.47 Å². The van der Waals surface area contributed by atoms with Crippen LogP contribution in [0.2, 0.25) is 0 Å². The molecule has 0 bridgehead atoms. The molecule has 1 aliphatic rings. The van der Waals surface area contributed by atoms with Gasteiger partial charge in [0.1, 0.15) is 11.6 Å². The number of nitrogens with one attached hydrogen (secondary N) is 1. The molecule has 1 aromatic rings. The first kappa shape index (κ1) is 14.9. The third kappa shape index (κ3) is 3.76. The molecule has 1 nitrogen and oxygen atoms in total. The van der Waals surface area contributed by atoms with Crippen molar-refractivity contribution in [2.24, 2.45) is 5.92 Å². The maximum atomic E-state index is 13.9. The summed E-state index contributed by atoms with van der Waals surface area (Å²) in [7, 11) is 0. The lowest BCUT2D eigenvalue weighted by Crippen LogP contribution is -2.27. The third-order valence-corrected chi connectivity index (χ3v) is 4.47. The smallest absolute Gasteiger partial charge is 0.143 e. The molecule has 19 heavy (non-hydrogen) atoms. The van der Waals surface area contributed by atoms with Gasteiger partial charge in [0.25, 0.3) is 0 Å². The van der Waals surface area contributed by atoms with E-state index < -0.39 is 11.6 Å². The minimum absolute atomic E-state index is 0.232. The predicted molar refractivity (Wildman–Crippen MR) is 77.2 cm³/mol. The highest BCUT2D eigenvalue weighted by Gasteiger charge is 2.26. The fraction of sp³-hybridized carbons (Fsp3) is 0.600. The average molecular weight is 332 g/mol. The summed E-state index contributed by atoms with van der Waals surface area (Å²) < 4.78 is 28.0. The summed E-state index contributed by atoms with van der Waals surface area (Å²) in [6.45, 7) is 3.17. The summed E-state index contributed by atoms with van der Waals surface area (Å²) in [5, 5.41) is 3.49. The number of hydrogen-bond acceptors (Lipinski definition) is 1. The van der Waals surface area contributed by atoms with Crippen molar-refractivity contribution in [3.63, 3.8) is 0 Å². The average Bonchev–Trinajstić information content (AvgIpc) is 2.84. The van der Waals surface area contributed by atoms with Crippen LogP contribution < -0.4 is 5.32 Å². The van der Waals surface area contributed by atoms with Crippen LogP contribution >= 0.6 is 15.9 Å². The fourth-order valence-electron chi connectivity index (χ4n) is 2.84. The van der Waals surface area contributed by atoms with E-state index in [0.717, 1.165) is 32.2 Å². The van der Waals surface area contributed by atoms with Crippen molar-refractivity contribution >= 4 is 15.9 Å². The number of rotatable bonds is 5. The van der Waals surface area contributed by atoms with Crippen LogP contribution in [-0.4, -0.2) is 12.6 Å². The van der Waals surface area contributed by atoms with E-state index in [4.69, 9.17) is 0 Å². The molecule has 1 saturated carbocycles. The highest BCUT2D eigenvalue weighted by molar-refractivity contribution is 9.10. The fourth-order valence-corrected chi connectivity index (χ4v) is 3.21. The van der Waals surface area contributed by atoms with Crippen LogP contribution in [0.4, 0.5) is 8.78 Å². The van der Waals surface area contributed by atoms with Crippen molar-refractivity contribution in [3.8, 4) is 0 Å². The van der Waals surface area contributed by atoms with Gasteiger partial charge in [0.2, 0.25) is 0 Å². The second kappa shape index (κ2) is 6.80. The normalized spacial score (nSPS) is 22.9. The zero-order chi connectivity index (χ0) is 13.8. The first-order valence-electron chi connectivity index (χ1n) is 6.97. The van der Waals surface area contributed by atoms with Crippen LogP contribution in [-0.2, 0) is 6.42 Å². The molecule has 0 aromatic heterocycles. The van der Waals surface area contributed by atoms with E-state index in [2.05, 4.69) is 28.2 Å². The zero-order valence-corrected chi connectivity index (χ0v) is 12.8. The molecule has 2 atom stereocenters. The number of hydrogen-bond donors (Lipinski definition) is 1. The second-order valence-corrected chi connectivity index (χ2v) is 6.21. The van der Waals surface area contributed by atoms with Gasteiger partial charge >= 0.3 is 0 Å². The van der Waals surface area contributed by atoms with Crippen molar-refractivity contribution in [1.29, 1.82) is 0 Å². The molecular weight excluding hydrogens is 312 g/mol. The van der Waals surface area contributed by atoms with Crippen LogP contribution in [0.15, 0.2) is 16.6 Å². The van der Waals surface area contributed by atoms with Crippen molar-refractivity contribution in [1.82, 2.24) is 5.32 Å². The van der Waals surface area contributed by atoms with Crippen LogP contribution in [0.1, 0.15) is 38.2 Å². The third-order valence-electron chi connectivity index (χ3n) is 3.86. The highest BCUT2D eigenvalue weighted by atomic mass is 79.9. The Bertz CT molecular complexity index is 436. The van der Waals surface area contributed by atoms with Gasteiger partial charge in [-0.2, -0.15) is 0 Å². The Morgan fingerprint density at radius 2 is 2.11 bits per heavy atom. The SMILES string of the molecule is CCCNC1CCC(Cc2c(F)ccc(Br)c2F)C1. The molecule has 1 fully saturated rings. The maximum Gasteiger partial charge on any atom is 0.143 e. The molecule has 0 heterocycles. The molecule has 1 aliphatic carbocycles. The molecule has 2 unspecified atom stereocenters. The van der Waals surface area contributed by atoms with E-state index >= 15 is 0 Å². The van der Waals surface area contributed by atoms with Gasteiger partial charge in [0.15, 0.2) is 0 Å². The Labute approximate surface area is 121 Å². The molecule has 2 rings (SSSR count). The summed E-state index contributed by atoms with van der Waals surface area (Å²) in [5.41, 5.74) is 0.232. The van der Waals surface area contributed by atoms with Crippen LogP contribution in [0.25, 0.3) is 0 Å². The van der Waals surface area contributed by atoms with Gasteiger partial charge in [-0.25, -0.2) is 8.78 Å². The quantitative estimate of drug-likeness (QED) is 0.786. The number of benzene rings is 1. The van der Waals surface area contributed by atoms with E-state index in [9.17, 15) is 8.78 Å². The van der Waals surface area contributed by atoms with Crippen molar-refractivity contribution in [2.75, 3.05) is 6.54 Å². The molecule has 1 N–H and O–H groups in total. The van der Waals surface area contributed by atoms with Gasteiger partial charge in [-0.3, -0.25) is 0 Å². The Kier molecular flexibility index (Phi) is 5.34. The number of halogens is 3. The van der Waals surface area contributed by atoms with Gasteiger partial charge < -0.3 is 5.32 Å². The molecule has 0 spiro atoms. The van der Waals surface area contributed by atoms with E-state index in [1.165, 1.54) is 12.1 Å². The maximum absolute atomic E-state index is 13.9. The van der Waals surface area contributed by atoms with Crippen LogP contribution in [0.3, 0.4) is 0 Å². The Morgan fingerprint density at radius 3 is 2.84 bits per heavy atom. The Morgan fingerprint density at radius 1 is 1.32 bits per heavy atom. The van der Waals surface area contributed by atoms with Crippen LogP contribution in [0.5, 0.6) is 0 Å². The highest BCUT2D eigenvalue weighted by Crippen LogP contribution is 2.31. The van der Waals surface area contributed by atoms with E-state index in [1.54, 1.807) is 0 Å². The summed E-state index contributed by atoms with van der Waals surface area (Å²) >= 11 is 3.12. The summed E-state index contributed by atoms with van der Waals surface area (Å²) in [6.07, 6.45) is 4.80. The molecular formula is C15H20BrF2N. The monoisotopic (exact) mass is 331 g/mol. The van der Waals surface area contributed by atoms with Gasteiger partial charge in [0, 0.05) is 11.6 Å². The topological polar surface area (TPSA) is 12.0 Å². The Balaban J connectivity index is 1.97. The largest absolute Gasteiger partial charge is 0.314 e. The first-order valence-corrected chi connectivity index (χ1v) is 7.76.